The van der Waals surface area contributed by atoms with E-state index in [-0.39, 0.29) is 5.38 Å². The molecule has 0 N–H and O–H groups in total. The molecule has 0 bridgehead atoms. The van der Waals surface area contributed by atoms with Gasteiger partial charge < -0.3 is 0 Å². The van der Waals surface area contributed by atoms with Crippen molar-refractivity contribution in [1.29, 1.82) is 0 Å². The highest BCUT2D eigenvalue weighted by atomic mass is 35.5. The SMILES string of the molecule is C=CCN(CC=C)CC(Cl)c1cccs1. The third-order valence-electron chi connectivity index (χ3n) is 2.04. The van der Waals surface area contributed by atoms with Crippen LogP contribution in [0, 0.1) is 0 Å². The lowest BCUT2D eigenvalue weighted by atomic mass is 10.3. The van der Waals surface area contributed by atoms with Crippen molar-refractivity contribution in [2.24, 2.45) is 0 Å². The molecule has 1 nitrogen and oxygen atoms in total. The summed E-state index contributed by atoms with van der Waals surface area (Å²) in [6, 6.07) is 4.10. The fourth-order valence-electron chi connectivity index (χ4n) is 1.37. The predicted molar refractivity (Wildman–Crippen MR) is 69.7 cm³/mol. The van der Waals surface area contributed by atoms with Gasteiger partial charge in [-0.3, -0.25) is 4.90 Å². The van der Waals surface area contributed by atoms with E-state index in [1.165, 1.54) is 4.88 Å². The summed E-state index contributed by atoms with van der Waals surface area (Å²) >= 11 is 8.01. The van der Waals surface area contributed by atoms with Gasteiger partial charge in [-0.05, 0) is 11.4 Å². The van der Waals surface area contributed by atoms with Crippen LogP contribution in [0.25, 0.3) is 0 Å². The molecule has 0 saturated heterocycles. The van der Waals surface area contributed by atoms with Crippen LogP contribution >= 0.6 is 22.9 Å². The summed E-state index contributed by atoms with van der Waals surface area (Å²) in [7, 11) is 0. The van der Waals surface area contributed by atoms with Crippen molar-refractivity contribution in [2.45, 2.75) is 5.38 Å². The average molecular weight is 242 g/mol. The van der Waals surface area contributed by atoms with Crippen molar-refractivity contribution in [3.63, 3.8) is 0 Å². The van der Waals surface area contributed by atoms with Crippen molar-refractivity contribution in [1.82, 2.24) is 4.90 Å². The molecule has 82 valence electrons. The first kappa shape index (κ1) is 12.5. The van der Waals surface area contributed by atoms with Crippen molar-refractivity contribution < 1.29 is 0 Å². The number of nitrogens with zero attached hydrogens (tertiary/aromatic N) is 1. The fraction of sp³-hybridized carbons (Fsp3) is 0.333. The lowest BCUT2D eigenvalue weighted by Gasteiger charge is -2.21. The second-order valence-electron chi connectivity index (χ2n) is 3.28. The molecule has 1 rings (SSSR count). The molecule has 15 heavy (non-hydrogen) atoms. The van der Waals surface area contributed by atoms with Gasteiger partial charge in [-0.15, -0.1) is 36.1 Å². The summed E-state index contributed by atoms with van der Waals surface area (Å²) in [5, 5.41) is 2.11. The minimum absolute atomic E-state index is 0.0601. The van der Waals surface area contributed by atoms with E-state index in [0.29, 0.717) is 0 Å². The lowest BCUT2D eigenvalue weighted by Crippen LogP contribution is -2.27. The Hall–Kier alpha value is -0.570. The molecule has 1 heterocycles. The summed E-state index contributed by atoms with van der Waals surface area (Å²) in [6.45, 7) is 10.0. The zero-order chi connectivity index (χ0) is 11.1. The Labute approximate surface area is 101 Å². The van der Waals surface area contributed by atoms with E-state index in [1.54, 1.807) is 11.3 Å². The normalized spacial score (nSPS) is 12.7. The molecule has 1 aromatic heterocycles. The largest absolute Gasteiger partial charge is 0.294 e. The van der Waals surface area contributed by atoms with Gasteiger partial charge in [0.15, 0.2) is 0 Å². The van der Waals surface area contributed by atoms with Crippen LogP contribution in [0.5, 0.6) is 0 Å². The number of rotatable bonds is 7. The minimum atomic E-state index is 0.0601. The second kappa shape index (κ2) is 6.83. The summed E-state index contributed by atoms with van der Waals surface area (Å²) in [5.41, 5.74) is 0. The molecule has 0 aromatic carbocycles. The summed E-state index contributed by atoms with van der Waals surface area (Å²) in [6.07, 6.45) is 3.78. The van der Waals surface area contributed by atoms with Crippen LogP contribution in [0.3, 0.4) is 0 Å². The van der Waals surface area contributed by atoms with Gasteiger partial charge in [-0.1, -0.05) is 18.2 Å². The monoisotopic (exact) mass is 241 g/mol. The summed E-state index contributed by atoms with van der Waals surface area (Å²) in [4.78, 5) is 3.44. The molecule has 0 spiro atoms. The smallest absolute Gasteiger partial charge is 0.0805 e. The van der Waals surface area contributed by atoms with Crippen LogP contribution in [-0.4, -0.2) is 24.5 Å². The van der Waals surface area contributed by atoms with Gasteiger partial charge >= 0.3 is 0 Å². The van der Waals surface area contributed by atoms with Crippen molar-refractivity contribution in [2.75, 3.05) is 19.6 Å². The topological polar surface area (TPSA) is 3.24 Å². The first-order valence-corrected chi connectivity index (χ1v) is 6.21. The van der Waals surface area contributed by atoms with E-state index in [4.69, 9.17) is 11.6 Å². The highest BCUT2D eigenvalue weighted by Gasteiger charge is 2.12. The first-order chi connectivity index (χ1) is 7.27. The molecule has 3 heteroatoms. The minimum Gasteiger partial charge on any atom is -0.294 e. The lowest BCUT2D eigenvalue weighted by molar-refractivity contribution is 0.336. The molecule has 0 amide bonds. The highest BCUT2D eigenvalue weighted by Crippen LogP contribution is 2.25. The van der Waals surface area contributed by atoms with Gasteiger partial charge in [0.1, 0.15) is 0 Å². The quantitative estimate of drug-likeness (QED) is 0.520. The van der Waals surface area contributed by atoms with Crippen LogP contribution in [0.4, 0.5) is 0 Å². The molecule has 0 aliphatic carbocycles. The van der Waals surface area contributed by atoms with Crippen LogP contribution in [0.2, 0.25) is 0 Å². The van der Waals surface area contributed by atoms with E-state index in [2.05, 4.69) is 29.5 Å². The van der Waals surface area contributed by atoms with Gasteiger partial charge in [0.25, 0.3) is 0 Å². The highest BCUT2D eigenvalue weighted by molar-refractivity contribution is 7.10. The maximum Gasteiger partial charge on any atom is 0.0805 e. The van der Waals surface area contributed by atoms with Crippen molar-refractivity contribution in [3.05, 3.63) is 47.7 Å². The van der Waals surface area contributed by atoms with Gasteiger partial charge in [0, 0.05) is 24.5 Å². The zero-order valence-corrected chi connectivity index (χ0v) is 10.3. The standard InChI is InChI=1S/C12H16ClNS/c1-3-7-14(8-4-2)10-11(13)12-6-5-9-15-12/h3-6,9,11H,1-2,7-8,10H2. The number of halogens is 1. The fourth-order valence-corrected chi connectivity index (χ4v) is 2.49. The van der Waals surface area contributed by atoms with Gasteiger partial charge in [-0.2, -0.15) is 0 Å². The Morgan fingerprint density at radius 1 is 1.40 bits per heavy atom. The molecule has 0 saturated carbocycles. The Balaban J connectivity index is 2.49. The van der Waals surface area contributed by atoms with Crippen LogP contribution in [-0.2, 0) is 0 Å². The van der Waals surface area contributed by atoms with E-state index in [1.807, 2.05) is 18.2 Å². The van der Waals surface area contributed by atoms with Crippen LogP contribution in [0.1, 0.15) is 10.3 Å². The Bertz CT molecular complexity index is 285. The Morgan fingerprint density at radius 2 is 2.07 bits per heavy atom. The number of alkyl halides is 1. The van der Waals surface area contributed by atoms with E-state index >= 15 is 0 Å². The van der Waals surface area contributed by atoms with Crippen LogP contribution in [0.15, 0.2) is 42.8 Å². The number of hydrogen-bond acceptors (Lipinski definition) is 2. The van der Waals surface area contributed by atoms with Gasteiger partial charge in [0.2, 0.25) is 0 Å². The molecular formula is C12H16ClNS. The Kier molecular flexibility index (Phi) is 5.69. The second-order valence-corrected chi connectivity index (χ2v) is 4.78. The van der Waals surface area contributed by atoms with Crippen LogP contribution < -0.4 is 0 Å². The van der Waals surface area contributed by atoms with E-state index < -0.39 is 0 Å². The maximum absolute atomic E-state index is 6.31. The third-order valence-corrected chi connectivity index (χ3v) is 3.53. The van der Waals surface area contributed by atoms with E-state index in [9.17, 15) is 0 Å². The third kappa shape index (κ3) is 4.20. The van der Waals surface area contributed by atoms with Gasteiger partial charge in [0.05, 0.1) is 5.38 Å². The zero-order valence-electron chi connectivity index (χ0n) is 8.73. The summed E-state index contributed by atoms with van der Waals surface area (Å²) < 4.78 is 0. The molecule has 1 atom stereocenters. The van der Waals surface area contributed by atoms with Gasteiger partial charge in [-0.25, -0.2) is 0 Å². The first-order valence-electron chi connectivity index (χ1n) is 4.89. The molecule has 1 aromatic rings. The maximum atomic E-state index is 6.31. The molecule has 0 aliphatic rings. The molecular weight excluding hydrogens is 226 g/mol. The predicted octanol–water partition coefficient (Wildman–Crippen LogP) is 3.70. The number of hydrogen-bond donors (Lipinski definition) is 0. The van der Waals surface area contributed by atoms with Crippen molar-refractivity contribution >= 4 is 22.9 Å². The van der Waals surface area contributed by atoms with Crippen molar-refractivity contribution in [3.8, 4) is 0 Å². The Morgan fingerprint density at radius 3 is 2.53 bits per heavy atom. The molecule has 1 unspecified atom stereocenters. The average Bonchev–Trinajstić information content (AvgIpc) is 2.71. The molecule has 0 radical (unpaired) electrons. The van der Waals surface area contributed by atoms with E-state index in [0.717, 1.165) is 19.6 Å². The summed E-state index contributed by atoms with van der Waals surface area (Å²) in [5.74, 6) is 0. The number of thiophene rings is 1. The molecule has 0 fully saturated rings. The molecule has 0 aliphatic heterocycles.